The van der Waals surface area contributed by atoms with Gasteiger partial charge in [0.1, 0.15) is 5.69 Å². The molecular weight excluding hydrogens is 355 g/mol. The Balaban J connectivity index is 2.02. The lowest BCUT2D eigenvalue weighted by molar-refractivity contribution is -0.141. The second kappa shape index (κ2) is 6.01. The van der Waals surface area contributed by atoms with Crippen LogP contribution in [-0.4, -0.2) is 11.5 Å². The molecule has 0 aliphatic heterocycles. The SMILES string of the molecule is Nc1cnc(C(F)(F)F)cc1NCCc1ccc(Br)s1. The molecule has 3 nitrogen and oxygen atoms in total. The highest BCUT2D eigenvalue weighted by molar-refractivity contribution is 9.11. The van der Waals surface area contributed by atoms with E-state index in [0.29, 0.717) is 13.0 Å². The van der Waals surface area contributed by atoms with Gasteiger partial charge in [-0.2, -0.15) is 13.2 Å². The van der Waals surface area contributed by atoms with Gasteiger partial charge in [0.15, 0.2) is 0 Å². The van der Waals surface area contributed by atoms with Crippen LogP contribution in [0.4, 0.5) is 24.5 Å². The molecule has 20 heavy (non-hydrogen) atoms. The normalized spacial score (nSPS) is 11.6. The van der Waals surface area contributed by atoms with Gasteiger partial charge in [0.25, 0.3) is 0 Å². The van der Waals surface area contributed by atoms with Crippen molar-refractivity contribution < 1.29 is 13.2 Å². The molecule has 0 bridgehead atoms. The summed E-state index contributed by atoms with van der Waals surface area (Å²) in [6.45, 7) is 0.498. The standard InChI is InChI=1S/C12H11BrF3N3S/c13-11-2-1-7(20-11)3-4-18-9-5-10(12(14,15)16)19-6-8(9)17/h1-2,5-6H,3-4,17H2,(H,18,19). The van der Waals surface area contributed by atoms with Gasteiger partial charge in [0.2, 0.25) is 0 Å². The fraction of sp³-hybridized carbons (Fsp3) is 0.250. The number of halogens is 4. The molecule has 0 fully saturated rings. The lowest BCUT2D eigenvalue weighted by Crippen LogP contribution is -2.12. The first kappa shape index (κ1) is 15.1. The highest BCUT2D eigenvalue weighted by Crippen LogP contribution is 2.31. The number of nitrogen functional groups attached to an aromatic ring is 1. The topological polar surface area (TPSA) is 50.9 Å². The van der Waals surface area contributed by atoms with E-state index >= 15 is 0 Å². The van der Waals surface area contributed by atoms with Gasteiger partial charge in [-0.3, -0.25) is 0 Å². The first-order valence-corrected chi connectivity index (χ1v) is 7.28. The molecule has 2 aromatic heterocycles. The summed E-state index contributed by atoms with van der Waals surface area (Å²) in [6, 6.07) is 4.83. The highest BCUT2D eigenvalue weighted by Gasteiger charge is 2.32. The van der Waals surface area contributed by atoms with Crippen LogP contribution in [-0.2, 0) is 12.6 Å². The second-order valence-electron chi connectivity index (χ2n) is 4.04. The van der Waals surface area contributed by atoms with Crippen molar-refractivity contribution >= 4 is 38.6 Å². The molecule has 0 saturated heterocycles. The summed E-state index contributed by atoms with van der Waals surface area (Å²) in [4.78, 5) is 4.42. The maximum absolute atomic E-state index is 12.6. The Hall–Kier alpha value is -1.28. The minimum absolute atomic E-state index is 0.199. The second-order valence-corrected chi connectivity index (χ2v) is 6.58. The summed E-state index contributed by atoms with van der Waals surface area (Å²) < 4.78 is 38.7. The Morgan fingerprint density at radius 2 is 2.10 bits per heavy atom. The van der Waals surface area contributed by atoms with Crippen molar-refractivity contribution in [2.24, 2.45) is 0 Å². The predicted molar refractivity (Wildman–Crippen MR) is 77.9 cm³/mol. The summed E-state index contributed by atoms with van der Waals surface area (Å²) in [7, 11) is 0. The van der Waals surface area contributed by atoms with Crippen molar-refractivity contribution in [2.75, 3.05) is 17.6 Å². The number of hydrogen-bond acceptors (Lipinski definition) is 4. The number of rotatable bonds is 4. The smallest absolute Gasteiger partial charge is 0.396 e. The Morgan fingerprint density at radius 1 is 1.35 bits per heavy atom. The zero-order valence-electron chi connectivity index (χ0n) is 10.2. The third-order valence-electron chi connectivity index (χ3n) is 2.54. The van der Waals surface area contributed by atoms with Gasteiger partial charge < -0.3 is 11.1 Å². The summed E-state index contributed by atoms with van der Waals surface area (Å²) >= 11 is 4.94. The van der Waals surface area contributed by atoms with Crippen LogP contribution in [0.5, 0.6) is 0 Å². The van der Waals surface area contributed by atoms with Gasteiger partial charge >= 0.3 is 6.18 Å². The van der Waals surface area contributed by atoms with Crippen molar-refractivity contribution in [3.8, 4) is 0 Å². The maximum atomic E-state index is 12.6. The number of pyridine rings is 1. The van der Waals surface area contributed by atoms with Crippen molar-refractivity contribution in [1.82, 2.24) is 4.98 Å². The minimum atomic E-state index is -4.47. The minimum Gasteiger partial charge on any atom is -0.396 e. The highest BCUT2D eigenvalue weighted by atomic mass is 79.9. The van der Waals surface area contributed by atoms with E-state index in [1.807, 2.05) is 12.1 Å². The molecule has 0 aliphatic rings. The fourth-order valence-electron chi connectivity index (χ4n) is 1.58. The molecule has 3 N–H and O–H groups in total. The van der Waals surface area contributed by atoms with Crippen molar-refractivity contribution in [2.45, 2.75) is 12.6 Å². The van der Waals surface area contributed by atoms with Crippen molar-refractivity contribution in [1.29, 1.82) is 0 Å². The molecule has 0 atom stereocenters. The fourth-order valence-corrected chi connectivity index (χ4v) is 3.06. The monoisotopic (exact) mass is 365 g/mol. The Bertz CT molecular complexity index is 598. The summed E-state index contributed by atoms with van der Waals surface area (Å²) in [5.74, 6) is 0. The van der Waals surface area contributed by atoms with E-state index in [1.165, 1.54) is 0 Å². The van der Waals surface area contributed by atoms with Crippen LogP contribution in [0, 0.1) is 0 Å². The average Bonchev–Trinajstić information content (AvgIpc) is 2.76. The molecule has 108 valence electrons. The average molecular weight is 366 g/mol. The van der Waals surface area contributed by atoms with Crippen molar-refractivity contribution in [3.05, 3.63) is 38.8 Å². The van der Waals surface area contributed by atoms with E-state index in [4.69, 9.17) is 5.73 Å². The van der Waals surface area contributed by atoms with Crippen LogP contribution in [0.3, 0.4) is 0 Å². The van der Waals surface area contributed by atoms with E-state index in [1.54, 1.807) is 11.3 Å². The molecule has 0 saturated carbocycles. The lowest BCUT2D eigenvalue weighted by Gasteiger charge is -2.11. The zero-order valence-corrected chi connectivity index (χ0v) is 12.6. The first-order chi connectivity index (χ1) is 9.36. The molecule has 0 amide bonds. The number of aromatic nitrogens is 1. The number of nitrogens with one attached hydrogen (secondary N) is 1. The largest absolute Gasteiger partial charge is 0.433 e. The third kappa shape index (κ3) is 3.86. The molecule has 0 aliphatic carbocycles. The molecule has 8 heteroatoms. The van der Waals surface area contributed by atoms with E-state index in [-0.39, 0.29) is 11.4 Å². The number of nitrogens with zero attached hydrogens (tertiary/aromatic N) is 1. The summed E-state index contributed by atoms with van der Waals surface area (Å²) in [5.41, 5.74) is 5.12. The molecule has 0 spiro atoms. The number of thiophene rings is 1. The van der Waals surface area contributed by atoms with Gasteiger partial charge in [0.05, 0.1) is 21.4 Å². The lowest BCUT2D eigenvalue weighted by atomic mass is 10.2. The van der Waals surface area contributed by atoms with Crippen LogP contribution >= 0.6 is 27.3 Å². The quantitative estimate of drug-likeness (QED) is 0.854. The number of alkyl halides is 3. The van der Waals surface area contributed by atoms with Crippen LogP contribution in [0.15, 0.2) is 28.2 Å². The predicted octanol–water partition coefficient (Wildman–Crippen LogP) is 4.16. The van der Waals surface area contributed by atoms with E-state index in [9.17, 15) is 13.2 Å². The van der Waals surface area contributed by atoms with Gasteiger partial charge in [-0.15, -0.1) is 11.3 Å². The van der Waals surface area contributed by atoms with E-state index in [2.05, 4.69) is 26.2 Å². The molecule has 0 aromatic carbocycles. The van der Waals surface area contributed by atoms with Gasteiger partial charge in [-0.05, 0) is 40.5 Å². The number of anilines is 2. The molecule has 2 heterocycles. The number of hydrogen-bond donors (Lipinski definition) is 2. The van der Waals surface area contributed by atoms with Crippen molar-refractivity contribution in [3.63, 3.8) is 0 Å². The first-order valence-electron chi connectivity index (χ1n) is 5.67. The van der Waals surface area contributed by atoms with Gasteiger partial charge in [-0.25, -0.2) is 4.98 Å². The summed E-state index contributed by atoms with van der Waals surface area (Å²) in [5, 5.41) is 2.91. The molecule has 2 rings (SSSR count). The van der Waals surface area contributed by atoms with Gasteiger partial charge in [-0.1, -0.05) is 0 Å². The van der Waals surface area contributed by atoms with E-state index < -0.39 is 11.9 Å². The molecule has 2 aromatic rings. The third-order valence-corrected chi connectivity index (χ3v) is 4.22. The Morgan fingerprint density at radius 3 is 2.70 bits per heavy atom. The zero-order chi connectivity index (χ0) is 14.8. The molecule has 0 radical (unpaired) electrons. The van der Waals surface area contributed by atoms with Crippen LogP contribution in [0.2, 0.25) is 0 Å². The van der Waals surface area contributed by atoms with Crippen LogP contribution in [0.1, 0.15) is 10.6 Å². The van der Waals surface area contributed by atoms with Gasteiger partial charge in [0, 0.05) is 11.4 Å². The van der Waals surface area contributed by atoms with Crippen LogP contribution in [0.25, 0.3) is 0 Å². The number of nitrogens with two attached hydrogens (primary N) is 1. The Labute approximate surface area is 126 Å². The molecule has 0 unspecified atom stereocenters. The van der Waals surface area contributed by atoms with E-state index in [0.717, 1.165) is 20.9 Å². The Kier molecular flexibility index (Phi) is 4.54. The maximum Gasteiger partial charge on any atom is 0.433 e. The van der Waals surface area contributed by atoms with Crippen LogP contribution < -0.4 is 11.1 Å². The summed E-state index contributed by atoms with van der Waals surface area (Å²) in [6.07, 6.45) is -2.74. The molecular formula is C12H11BrF3N3S.